The number of methoxy groups -OCH3 is 1. The van der Waals surface area contributed by atoms with Crippen LogP contribution in [0.3, 0.4) is 0 Å². The van der Waals surface area contributed by atoms with Crippen molar-refractivity contribution >= 4 is 22.4 Å². The molecule has 1 N–H and O–H groups in total. The van der Waals surface area contributed by atoms with E-state index >= 15 is 0 Å². The Morgan fingerprint density at radius 3 is 2.40 bits per heavy atom. The molecule has 0 aliphatic heterocycles. The summed E-state index contributed by atoms with van der Waals surface area (Å²) in [6.45, 7) is 1.92. The van der Waals surface area contributed by atoms with E-state index in [9.17, 15) is 4.79 Å². The zero-order valence-electron chi connectivity index (χ0n) is 14.7. The highest BCUT2D eigenvalue weighted by atomic mass is 16.5. The van der Waals surface area contributed by atoms with Gasteiger partial charge in [-0.2, -0.15) is 0 Å². The van der Waals surface area contributed by atoms with E-state index in [1.54, 1.807) is 12.1 Å². The average Bonchev–Trinajstić information content (AvgIpc) is 2.67. The molecule has 3 aromatic carbocycles. The normalized spacial score (nSPS) is 11.8. The van der Waals surface area contributed by atoms with Crippen molar-refractivity contribution in [2.24, 2.45) is 0 Å². The summed E-state index contributed by atoms with van der Waals surface area (Å²) < 4.78 is 5.25. The lowest BCUT2D eigenvalue weighted by Crippen LogP contribution is -2.41. The fraction of sp³-hybridized carbons (Fsp3) is 0.190. The Balaban J connectivity index is 1.76. The van der Waals surface area contributed by atoms with Crippen molar-refractivity contribution < 1.29 is 9.53 Å². The van der Waals surface area contributed by atoms with Crippen molar-refractivity contribution in [3.8, 4) is 5.75 Å². The van der Waals surface area contributed by atoms with Gasteiger partial charge in [-0.3, -0.25) is 15.2 Å². The Morgan fingerprint density at radius 1 is 1.00 bits per heavy atom. The van der Waals surface area contributed by atoms with Crippen LogP contribution in [0.2, 0.25) is 0 Å². The molecule has 0 saturated carbocycles. The summed E-state index contributed by atoms with van der Waals surface area (Å²) >= 11 is 0. The molecule has 1 amide bonds. The van der Waals surface area contributed by atoms with E-state index in [-0.39, 0.29) is 11.8 Å². The van der Waals surface area contributed by atoms with Crippen molar-refractivity contribution in [1.29, 1.82) is 0 Å². The molecule has 3 aromatic rings. The molecule has 4 nitrogen and oxygen atoms in total. The van der Waals surface area contributed by atoms with Crippen LogP contribution in [-0.2, 0) is 4.79 Å². The molecule has 25 heavy (non-hydrogen) atoms. The Bertz CT molecular complexity index is 877. The Labute approximate surface area is 148 Å². The highest BCUT2D eigenvalue weighted by Gasteiger charge is 2.17. The van der Waals surface area contributed by atoms with Crippen LogP contribution in [0, 0.1) is 0 Å². The number of para-hydroxylation sites is 1. The number of nitrogens with zero attached hydrogens (tertiary/aromatic N) is 1. The topological polar surface area (TPSA) is 41.6 Å². The highest BCUT2D eigenvalue weighted by molar-refractivity contribution is 5.88. The standard InChI is InChI=1S/C21H22N2O2/c1-15(21(24)22-23(2)19-7-5-4-6-8-19)16-9-10-18-14-20(25-3)12-11-17(18)13-16/h4-15H,1-3H3,(H,22,24)/t15-/m1/s1. The van der Waals surface area contributed by atoms with Crippen molar-refractivity contribution in [2.75, 3.05) is 19.2 Å². The quantitative estimate of drug-likeness (QED) is 0.714. The molecule has 0 aromatic heterocycles. The SMILES string of the molecule is COc1ccc2cc([C@@H](C)C(=O)NN(C)c3ccccc3)ccc2c1. The first-order valence-electron chi connectivity index (χ1n) is 8.25. The van der Waals surface area contributed by atoms with Gasteiger partial charge in [-0.05, 0) is 47.5 Å². The molecule has 0 aliphatic rings. The molecule has 0 radical (unpaired) electrons. The van der Waals surface area contributed by atoms with Gasteiger partial charge in [0.05, 0.1) is 18.7 Å². The minimum atomic E-state index is -0.252. The highest BCUT2D eigenvalue weighted by Crippen LogP contribution is 2.25. The number of nitrogens with one attached hydrogen (secondary N) is 1. The minimum absolute atomic E-state index is 0.0424. The van der Waals surface area contributed by atoms with E-state index < -0.39 is 0 Å². The van der Waals surface area contributed by atoms with Crippen LogP contribution in [-0.4, -0.2) is 20.1 Å². The number of rotatable bonds is 5. The van der Waals surface area contributed by atoms with Gasteiger partial charge in [0.2, 0.25) is 5.91 Å². The van der Waals surface area contributed by atoms with E-state index in [0.717, 1.165) is 27.8 Å². The molecule has 0 fully saturated rings. The summed E-state index contributed by atoms with van der Waals surface area (Å²) in [6, 6.07) is 21.8. The van der Waals surface area contributed by atoms with Crippen molar-refractivity contribution in [2.45, 2.75) is 12.8 Å². The third-order valence-electron chi connectivity index (χ3n) is 4.39. The van der Waals surface area contributed by atoms with Crippen LogP contribution in [0.5, 0.6) is 5.75 Å². The first-order valence-corrected chi connectivity index (χ1v) is 8.25. The molecule has 128 valence electrons. The van der Waals surface area contributed by atoms with Gasteiger partial charge in [-0.25, -0.2) is 0 Å². The molecular weight excluding hydrogens is 312 g/mol. The van der Waals surface area contributed by atoms with Crippen molar-refractivity contribution in [3.63, 3.8) is 0 Å². The number of ether oxygens (including phenoxy) is 1. The van der Waals surface area contributed by atoms with E-state index in [0.29, 0.717) is 0 Å². The third kappa shape index (κ3) is 3.74. The second kappa shape index (κ2) is 7.26. The molecule has 0 heterocycles. The van der Waals surface area contributed by atoms with E-state index in [4.69, 9.17) is 4.74 Å². The first-order chi connectivity index (χ1) is 12.1. The lowest BCUT2D eigenvalue weighted by atomic mass is 9.97. The van der Waals surface area contributed by atoms with Crippen LogP contribution in [0.4, 0.5) is 5.69 Å². The van der Waals surface area contributed by atoms with Crippen LogP contribution in [0.15, 0.2) is 66.7 Å². The average molecular weight is 334 g/mol. The third-order valence-corrected chi connectivity index (χ3v) is 4.39. The molecule has 1 atom stereocenters. The van der Waals surface area contributed by atoms with Crippen LogP contribution >= 0.6 is 0 Å². The van der Waals surface area contributed by atoms with Gasteiger partial charge in [-0.15, -0.1) is 0 Å². The second-order valence-electron chi connectivity index (χ2n) is 6.06. The fourth-order valence-electron chi connectivity index (χ4n) is 2.77. The molecule has 0 aliphatic carbocycles. The summed E-state index contributed by atoms with van der Waals surface area (Å²) in [5.74, 6) is 0.535. The van der Waals surface area contributed by atoms with E-state index in [1.807, 2.05) is 74.6 Å². The van der Waals surface area contributed by atoms with Gasteiger partial charge >= 0.3 is 0 Å². The zero-order valence-corrected chi connectivity index (χ0v) is 14.7. The number of hydrogen-bond donors (Lipinski definition) is 1. The van der Waals surface area contributed by atoms with Gasteiger partial charge in [0.25, 0.3) is 0 Å². The zero-order chi connectivity index (χ0) is 17.8. The summed E-state index contributed by atoms with van der Waals surface area (Å²) in [4.78, 5) is 12.6. The van der Waals surface area contributed by atoms with Crippen LogP contribution in [0.25, 0.3) is 10.8 Å². The predicted octanol–water partition coefficient (Wildman–Crippen LogP) is 4.12. The second-order valence-corrected chi connectivity index (χ2v) is 6.06. The first kappa shape index (κ1) is 16.8. The van der Waals surface area contributed by atoms with Crippen LogP contribution < -0.4 is 15.2 Å². The summed E-state index contributed by atoms with van der Waals surface area (Å²) in [7, 11) is 3.50. The summed E-state index contributed by atoms with van der Waals surface area (Å²) in [6.07, 6.45) is 0. The van der Waals surface area contributed by atoms with Crippen molar-refractivity contribution in [1.82, 2.24) is 5.43 Å². The van der Waals surface area contributed by atoms with Gasteiger partial charge in [0.15, 0.2) is 0 Å². The maximum absolute atomic E-state index is 12.6. The number of hydrogen-bond acceptors (Lipinski definition) is 3. The van der Waals surface area contributed by atoms with Gasteiger partial charge in [0.1, 0.15) is 5.75 Å². The Kier molecular flexibility index (Phi) is 4.89. The predicted molar refractivity (Wildman–Crippen MR) is 102 cm³/mol. The number of hydrazine groups is 1. The van der Waals surface area contributed by atoms with Gasteiger partial charge in [-0.1, -0.05) is 42.5 Å². The molecule has 3 rings (SSSR count). The fourth-order valence-corrected chi connectivity index (χ4v) is 2.77. The van der Waals surface area contributed by atoms with Crippen LogP contribution in [0.1, 0.15) is 18.4 Å². The Hall–Kier alpha value is -3.01. The maximum atomic E-state index is 12.6. The lowest BCUT2D eigenvalue weighted by Gasteiger charge is -2.23. The maximum Gasteiger partial charge on any atom is 0.245 e. The monoisotopic (exact) mass is 334 g/mol. The molecule has 4 heteroatoms. The largest absolute Gasteiger partial charge is 0.497 e. The summed E-state index contributed by atoms with van der Waals surface area (Å²) in [5, 5.41) is 3.93. The molecule has 0 unspecified atom stereocenters. The Morgan fingerprint density at radius 2 is 1.68 bits per heavy atom. The number of carbonyl (C=O) groups is 1. The minimum Gasteiger partial charge on any atom is -0.497 e. The smallest absolute Gasteiger partial charge is 0.245 e. The molecule has 0 spiro atoms. The number of fused-ring (bicyclic) bond motifs is 1. The van der Waals surface area contributed by atoms with Crippen molar-refractivity contribution in [3.05, 3.63) is 72.3 Å². The number of amides is 1. The number of carbonyl (C=O) groups excluding carboxylic acids is 1. The molecule has 0 bridgehead atoms. The summed E-state index contributed by atoms with van der Waals surface area (Å²) in [5.41, 5.74) is 4.86. The number of anilines is 1. The van der Waals surface area contributed by atoms with Gasteiger partial charge < -0.3 is 4.74 Å². The van der Waals surface area contributed by atoms with Gasteiger partial charge in [0, 0.05) is 7.05 Å². The van der Waals surface area contributed by atoms with E-state index in [2.05, 4.69) is 11.5 Å². The lowest BCUT2D eigenvalue weighted by molar-refractivity contribution is -0.122. The van der Waals surface area contributed by atoms with E-state index in [1.165, 1.54) is 0 Å². The number of benzene rings is 3. The molecule has 0 saturated heterocycles. The molecular formula is C21H22N2O2.